The topological polar surface area (TPSA) is 56.0 Å². The second kappa shape index (κ2) is 6.81. The normalized spacial score (nSPS) is 12.0. The zero-order chi connectivity index (χ0) is 16.1. The Hall–Kier alpha value is -1.74. The molecule has 1 aromatic rings. The van der Waals surface area contributed by atoms with E-state index in [1.807, 2.05) is 13.8 Å². The van der Waals surface area contributed by atoms with Gasteiger partial charge in [0.1, 0.15) is 0 Å². The summed E-state index contributed by atoms with van der Waals surface area (Å²) in [7, 11) is 0. The molecule has 0 heterocycles. The van der Waals surface area contributed by atoms with Crippen LogP contribution in [-0.2, 0) is 6.18 Å². The van der Waals surface area contributed by atoms with Gasteiger partial charge in [0.15, 0.2) is 0 Å². The van der Waals surface area contributed by atoms with Crippen LogP contribution in [0.25, 0.3) is 0 Å². The van der Waals surface area contributed by atoms with Gasteiger partial charge < -0.3 is 10.4 Å². The molecule has 0 fully saturated rings. The molecular formula is C15H19F3N2O. The van der Waals surface area contributed by atoms with Crippen molar-refractivity contribution < 1.29 is 18.3 Å². The van der Waals surface area contributed by atoms with Gasteiger partial charge >= 0.3 is 6.18 Å². The summed E-state index contributed by atoms with van der Waals surface area (Å²) in [5, 5.41) is 21.0. The summed E-state index contributed by atoms with van der Waals surface area (Å²) in [5.74, 6) is 0. The van der Waals surface area contributed by atoms with E-state index >= 15 is 0 Å². The average molecular weight is 300 g/mol. The summed E-state index contributed by atoms with van der Waals surface area (Å²) in [5.41, 5.74) is -1.41. The first kappa shape index (κ1) is 17.3. The largest absolute Gasteiger partial charge is 0.418 e. The predicted molar refractivity (Wildman–Crippen MR) is 74.7 cm³/mol. The number of hydrogen-bond acceptors (Lipinski definition) is 3. The molecule has 1 aromatic carbocycles. The number of benzene rings is 1. The monoisotopic (exact) mass is 300 g/mol. The van der Waals surface area contributed by atoms with Gasteiger partial charge in [-0.15, -0.1) is 0 Å². The van der Waals surface area contributed by atoms with Gasteiger partial charge in [-0.05, 0) is 31.0 Å². The quantitative estimate of drug-likeness (QED) is 0.840. The van der Waals surface area contributed by atoms with Crippen LogP contribution in [0.3, 0.4) is 0 Å². The van der Waals surface area contributed by atoms with E-state index in [0.29, 0.717) is 12.8 Å². The van der Waals surface area contributed by atoms with Crippen molar-refractivity contribution in [2.24, 2.45) is 5.41 Å². The minimum atomic E-state index is -4.53. The number of anilines is 1. The number of nitrogens with one attached hydrogen (secondary N) is 1. The highest BCUT2D eigenvalue weighted by molar-refractivity contribution is 5.56. The average Bonchev–Trinajstić information content (AvgIpc) is 2.48. The number of alkyl halides is 3. The van der Waals surface area contributed by atoms with E-state index < -0.39 is 17.2 Å². The summed E-state index contributed by atoms with van der Waals surface area (Å²) >= 11 is 0. The van der Waals surface area contributed by atoms with Crippen molar-refractivity contribution in [2.45, 2.75) is 32.9 Å². The minimum absolute atomic E-state index is 0.0349. The summed E-state index contributed by atoms with van der Waals surface area (Å²) in [6.45, 7) is 3.94. The molecule has 21 heavy (non-hydrogen) atoms. The lowest BCUT2D eigenvalue weighted by atomic mass is 9.83. The predicted octanol–water partition coefficient (Wildman–Crippen LogP) is 3.79. The van der Waals surface area contributed by atoms with E-state index in [9.17, 15) is 18.3 Å². The molecule has 0 amide bonds. The molecule has 0 aliphatic carbocycles. The SMILES string of the molecule is CCC(CC)(CO)CNc1ccc(C#N)cc1C(F)(F)F. The Labute approximate surface area is 122 Å². The van der Waals surface area contributed by atoms with E-state index in [1.165, 1.54) is 12.1 Å². The fourth-order valence-electron chi connectivity index (χ4n) is 2.06. The van der Waals surface area contributed by atoms with Crippen LogP contribution >= 0.6 is 0 Å². The molecule has 0 aromatic heterocycles. The number of rotatable bonds is 6. The molecule has 2 N–H and O–H groups in total. The molecular weight excluding hydrogens is 281 g/mol. The maximum Gasteiger partial charge on any atom is 0.418 e. The van der Waals surface area contributed by atoms with E-state index in [2.05, 4.69) is 5.32 Å². The number of halogens is 3. The molecule has 6 heteroatoms. The fraction of sp³-hybridized carbons (Fsp3) is 0.533. The van der Waals surface area contributed by atoms with Gasteiger partial charge in [0.05, 0.1) is 23.8 Å². The summed E-state index contributed by atoms with van der Waals surface area (Å²) in [6, 6.07) is 5.14. The maximum atomic E-state index is 13.0. The van der Waals surface area contributed by atoms with Crippen LogP contribution in [-0.4, -0.2) is 18.3 Å². The molecule has 116 valence electrons. The maximum absolute atomic E-state index is 13.0. The molecule has 0 aliphatic heterocycles. The third kappa shape index (κ3) is 4.11. The molecule has 0 radical (unpaired) electrons. The van der Waals surface area contributed by atoms with Gasteiger partial charge in [-0.3, -0.25) is 0 Å². The van der Waals surface area contributed by atoms with Crippen molar-refractivity contribution in [2.75, 3.05) is 18.5 Å². The lowest BCUT2D eigenvalue weighted by Gasteiger charge is -2.30. The molecule has 0 saturated carbocycles. The highest BCUT2D eigenvalue weighted by Gasteiger charge is 2.34. The van der Waals surface area contributed by atoms with Gasteiger partial charge in [-0.25, -0.2) is 0 Å². The van der Waals surface area contributed by atoms with Crippen LogP contribution in [0, 0.1) is 16.7 Å². The first-order valence-electron chi connectivity index (χ1n) is 6.78. The summed E-state index contributed by atoms with van der Waals surface area (Å²) in [6.07, 6.45) is -3.22. The van der Waals surface area contributed by atoms with Crippen LogP contribution in [0.15, 0.2) is 18.2 Å². The van der Waals surface area contributed by atoms with E-state index in [-0.39, 0.29) is 24.4 Å². The molecule has 0 aliphatic rings. The smallest absolute Gasteiger partial charge is 0.396 e. The lowest BCUT2D eigenvalue weighted by molar-refractivity contribution is -0.137. The molecule has 0 unspecified atom stereocenters. The van der Waals surface area contributed by atoms with Crippen LogP contribution in [0.5, 0.6) is 0 Å². The van der Waals surface area contributed by atoms with Crippen LogP contribution in [0.4, 0.5) is 18.9 Å². The Morgan fingerprint density at radius 3 is 2.29 bits per heavy atom. The van der Waals surface area contributed by atoms with Crippen LogP contribution in [0.1, 0.15) is 37.8 Å². The van der Waals surface area contributed by atoms with Crippen LogP contribution < -0.4 is 5.32 Å². The standard InChI is InChI=1S/C15H19F3N2O/c1-3-14(4-2,10-21)9-20-13-6-5-11(8-19)7-12(13)15(16,17)18/h5-7,20-21H,3-4,9-10H2,1-2H3. The van der Waals surface area contributed by atoms with E-state index in [0.717, 1.165) is 6.07 Å². The third-order valence-electron chi connectivity index (χ3n) is 3.94. The van der Waals surface area contributed by atoms with Gasteiger partial charge in [-0.1, -0.05) is 13.8 Å². The fourth-order valence-corrected chi connectivity index (χ4v) is 2.06. The summed E-state index contributed by atoms with van der Waals surface area (Å²) in [4.78, 5) is 0. The molecule has 0 atom stereocenters. The minimum Gasteiger partial charge on any atom is -0.396 e. The van der Waals surface area contributed by atoms with Crippen molar-refractivity contribution in [1.82, 2.24) is 0 Å². The molecule has 0 spiro atoms. The van der Waals surface area contributed by atoms with Crippen molar-refractivity contribution in [1.29, 1.82) is 5.26 Å². The number of aliphatic hydroxyl groups is 1. The van der Waals surface area contributed by atoms with Gasteiger partial charge in [0, 0.05) is 17.6 Å². The molecule has 1 rings (SSSR count). The van der Waals surface area contributed by atoms with Crippen molar-refractivity contribution in [3.8, 4) is 6.07 Å². The second-order valence-electron chi connectivity index (χ2n) is 5.09. The van der Waals surface area contributed by atoms with Crippen molar-refractivity contribution in [3.05, 3.63) is 29.3 Å². The van der Waals surface area contributed by atoms with Gasteiger partial charge in [-0.2, -0.15) is 18.4 Å². The third-order valence-corrected chi connectivity index (χ3v) is 3.94. The molecule has 0 saturated heterocycles. The number of hydrogen-bond donors (Lipinski definition) is 2. The Morgan fingerprint density at radius 1 is 1.24 bits per heavy atom. The Morgan fingerprint density at radius 2 is 1.86 bits per heavy atom. The van der Waals surface area contributed by atoms with Gasteiger partial charge in [0.2, 0.25) is 0 Å². The van der Waals surface area contributed by atoms with E-state index in [4.69, 9.17) is 5.26 Å². The highest BCUT2D eigenvalue weighted by atomic mass is 19.4. The van der Waals surface area contributed by atoms with E-state index in [1.54, 1.807) is 6.07 Å². The summed E-state index contributed by atoms with van der Waals surface area (Å²) < 4.78 is 39.1. The molecule has 0 bridgehead atoms. The lowest BCUT2D eigenvalue weighted by Crippen LogP contribution is -2.32. The second-order valence-corrected chi connectivity index (χ2v) is 5.09. The highest BCUT2D eigenvalue weighted by Crippen LogP contribution is 2.36. The Bertz CT molecular complexity index is 508. The zero-order valence-electron chi connectivity index (χ0n) is 12.1. The number of aliphatic hydroxyl groups excluding tert-OH is 1. The van der Waals surface area contributed by atoms with Crippen molar-refractivity contribution in [3.63, 3.8) is 0 Å². The first-order valence-corrected chi connectivity index (χ1v) is 6.78. The Balaban J connectivity index is 3.06. The zero-order valence-corrected chi connectivity index (χ0v) is 12.1. The number of nitriles is 1. The first-order chi connectivity index (χ1) is 9.81. The Kier molecular flexibility index (Phi) is 5.62. The number of nitrogens with zero attached hydrogens (tertiary/aromatic N) is 1. The molecule has 3 nitrogen and oxygen atoms in total. The van der Waals surface area contributed by atoms with Crippen LogP contribution in [0.2, 0.25) is 0 Å². The van der Waals surface area contributed by atoms with Gasteiger partial charge in [0.25, 0.3) is 0 Å². The van der Waals surface area contributed by atoms with Crippen molar-refractivity contribution >= 4 is 5.69 Å².